The molecule has 1 amide bonds. The van der Waals surface area contributed by atoms with Gasteiger partial charge in [0.05, 0.1) is 16.4 Å². The van der Waals surface area contributed by atoms with Gasteiger partial charge in [-0.05, 0) is 44.4 Å². The average Bonchev–Trinajstić information content (AvgIpc) is 2.61. The van der Waals surface area contributed by atoms with Crippen molar-refractivity contribution in [2.45, 2.75) is 43.0 Å². The Kier molecular flexibility index (Phi) is 5.98. The summed E-state index contributed by atoms with van der Waals surface area (Å²) in [7, 11) is -3.65. The fourth-order valence-electron chi connectivity index (χ4n) is 2.60. The Labute approximate surface area is 148 Å². The smallest absolute Gasteiger partial charge is 0.230 e. The number of carbonyl (C=O) groups excluding carboxylic acids is 1. The Morgan fingerprint density at radius 2 is 1.88 bits per heavy atom. The highest BCUT2D eigenvalue weighted by atomic mass is 32.2. The second kappa shape index (κ2) is 7.81. The van der Waals surface area contributed by atoms with Crippen molar-refractivity contribution in [3.63, 3.8) is 0 Å². The lowest BCUT2D eigenvalue weighted by atomic mass is 9.83. The van der Waals surface area contributed by atoms with Crippen LogP contribution in [0.15, 0.2) is 40.6 Å². The number of hydrogen-bond acceptors (Lipinski definition) is 5. The summed E-state index contributed by atoms with van der Waals surface area (Å²) in [6.07, 6.45) is 2.52. The highest BCUT2D eigenvalue weighted by molar-refractivity contribution is 7.94. The molecule has 1 aliphatic rings. The maximum absolute atomic E-state index is 12.6. The first-order valence-corrected chi connectivity index (χ1v) is 9.62. The van der Waals surface area contributed by atoms with Crippen molar-refractivity contribution in [1.82, 2.24) is 5.32 Å². The van der Waals surface area contributed by atoms with E-state index in [1.807, 2.05) is 0 Å². The lowest BCUT2D eigenvalue weighted by Crippen LogP contribution is -2.47. The molecule has 134 valence electrons. The number of allylic oxidation sites excluding steroid dienone is 1. The first-order chi connectivity index (χ1) is 11.8. The van der Waals surface area contributed by atoms with Crippen LogP contribution in [0.25, 0.3) is 0 Å². The third-order valence-corrected chi connectivity index (χ3v) is 5.77. The van der Waals surface area contributed by atoms with E-state index in [2.05, 4.69) is 5.32 Å². The average molecular weight is 362 g/mol. The van der Waals surface area contributed by atoms with E-state index in [9.17, 15) is 13.2 Å². The third-order valence-electron chi connectivity index (χ3n) is 4.35. The van der Waals surface area contributed by atoms with Crippen LogP contribution in [0.4, 0.5) is 0 Å². The Morgan fingerprint density at radius 1 is 1.28 bits per heavy atom. The number of hydrogen-bond donors (Lipinski definition) is 1. The Balaban J connectivity index is 2.15. The van der Waals surface area contributed by atoms with Gasteiger partial charge in [-0.1, -0.05) is 12.1 Å². The summed E-state index contributed by atoms with van der Waals surface area (Å²) in [6.45, 7) is 4.91. The molecule has 6 nitrogen and oxygen atoms in total. The lowest BCUT2D eigenvalue weighted by molar-refractivity contribution is -0.127. The van der Waals surface area contributed by atoms with Crippen LogP contribution >= 0.6 is 0 Å². The van der Waals surface area contributed by atoms with Crippen LogP contribution in [-0.2, 0) is 24.8 Å². The summed E-state index contributed by atoms with van der Waals surface area (Å²) in [6, 6.07) is 7.95. The number of nitriles is 1. The molecule has 1 aromatic carbocycles. The standard InChI is InChI=1S/C18H22N2O4S/c1-18(2,17(21)20-15-8-11-24-12-9-15)14-4-6-16(7-5-14)25(22,23)13-3-10-19/h3-7,13,15H,8-9,11-12H2,1-2H3,(H,20,21). The van der Waals surface area contributed by atoms with Crippen molar-refractivity contribution in [3.8, 4) is 6.07 Å². The molecular weight excluding hydrogens is 340 g/mol. The Morgan fingerprint density at radius 3 is 2.44 bits per heavy atom. The van der Waals surface area contributed by atoms with Crippen LogP contribution in [0.2, 0.25) is 0 Å². The first kappa shape index (κ1) is 19.2. The second-order valence-corrected chi connectivity index (χ2v) is 8.32. The molecule has 2 rings (SSSR count). The number of carbonyl (C=O) groups is 1. The van der Waals surface area contributed by atoms with Crippen LogP contribution in [-0.4, -0.2) is 33.6 Å². The normalized spacial score (nSPS) is 16.5. The number of ether oxygens (including phenoxy) is 1. The van der Waals surface area contributed by atoms with Crippen LogP contribution in [0, 0.1) is 11.3 Å². The fraction of sp³-hybridized carbons (Fsp3) is 0.444. The molecule has 1 saturated heterocycles. The molecule has 0 spiro atoms. The van der Waals surface area contributed by atoms with Crippen molar-refractivity contribution in [3.05, 3.63) is 41.3 Å². The summed E-state index contributed by atoms with van der Waals surface area (Å²) in [5, 5.41) is 12.4. The number of nitrogens with one attached hydrogen (secondary N) is 1. The summed E-state index contributed by atoms with van der Waals surface area (Å²) < 4.78 is 29.3. The van der Waals surface area contributed by atoms with Gasteiger partial charge in [-0.3, -0.25) is 4.79 Å². The van der Waals surface area contributed by atoms with E-state index < -0.39 is 15.3 Å². The highest BCUT2D eigenvalue weighted by Gasteiger charge is 2.32. The highest BCUT2D eigenvalue weighted by Crippen LogP contribution is 2.26. The fourth-order valence-corrected chi connectivity index (χ4v) is 3.51. The lowest BCUT2D eigenvalue weighted by Gasteiger charge is -2.29. The molecule has 25 heavy (non-hydrogen) atoms. The number of nitrogens with zero attached hydrogens (tertiary/aromatic N) is 1. The summed E-state index contributed by atoms with van der Waals surface area (Å²) >= 11 is 0. The van der Waals surface area contributed by atoms with Crippen LogP contribution in [0.5, 0.6) is 0 Å². The SMILES string of the molecule is CC(C)(C(=O)NC1CCOCC1)c1ccc(S(=O)(=O)C=CC#N)cc1. The monoisotopic (exact) mass is 362 g/mol. The van der Waals surface area contributed by atoms with Gasteiger partial charge in [0.1, 0.15) is 0 Å². The van der Waals surface area contributed by atoms with Crippen molar-refractivity contribution in [1.29, 1.82) is 5.26 Å². The molecule has 0 bridgehead atoms. The van der Waals surface area contributed by atoms with E-state index in [-0.39, 0.29) is 16.8 Å². The predicted octanol–water partition coefficient (Wildman–Crippen LogP) is 2.07. The van der Waals surface area contributed by atoms with Gasteiger partial charge in [-0.15, -0.1) is 0 Å². The molecule has 0 aromatic heterocycles. The quantitative estimate of drug-likeness (QED) is 0.809. The van der Waals surface area contributed by atoms with E-state index >= 15 is 0 Å². The van der Waals surface area contributed by atoms with Crippen LogP contribution in [0.1, 0.15) is 32.3 Å². The van der Waals surface area contributed by atoms with Gasteiger partial charge in [0.2, 0.25) is 15.7 Å². The summed E-state index contributed by atoms with van der Waals surface area (Å²) in [5.41, 5.74) is -0.0661. The molecule has 1 aliphatic heterocycles. The van der Waals surface area contributed by atoms with Crippen molar-refractivity contribution < 1.29 is 17.9 Å². The van der Waals surface area contributed by atoms with Gasteiger partial charge in [0, 0.05) is 30.7 Å². The van der Waals surface area contributed by atoms with Crippen molar-refractivity contribution in [2.75, 3.05) is 13.2 Å². The number of rotatable bonds is 5. The van der Waals surface area contributed by atoms with E-state index in [1.54, 1.807) is 32.0 Å². The molecule has 7 heteroatoms. The predicted molar refractivity (Wildman–Crippen MR) is 93.4 cm³/mol. The Hall–Kier alpha value is -2.17. The molecule has 1 aromatic rings. The van der Waals surface area contributed by atoms with Crippen LogP contribution in [0.3, 0.4) is 0 Å². The van der Waals surface area contributed by atoms with Crippen molar-refractivity contribution in [2.24, 2.45) is 0 Å². The van der Waals surface area contributed by atoms with Gasteiger partial charge in [0.15, 0.2) is 0 Å². The minimum absolute atomic E-state index is 0.0865. The maximum atomic E-state index is 12.6. The van der Waals surface area contributed by atoms with Gasteiger partial charge in [0.25, 0.3) is 0 Å². The van der Waals surface area contributed by atoms with Gasteiger partial charge < -0.3 is 10.1 Å². The van der Waals surface area contributed by atoms with E-state index in [0.29, 0.717) is 13.2 Å². The number of amides is 1. The number of benzene rings is 1. The minimum Gasteiger partial charge on any atom is -0.381 e. The van der Waals surface area contributed by atoms with Gasteiger partial charge >= 0.3 is 0 Å². The minimum atomic E-state index is -3.65. The zero-order valence-electron chi connectivity index (χ0n) is 14.4. The third kappa shape index (κ3) is 4.68. The topological polar surface area (TPSA) is 96.3 Å². The molecule has 1 heterocycles. The molecule has 0 aliphatic carbocycles. The summed E-state index contributed by atoms with van der Waals surface area (Å²) in [4.78, 5) is 12.7. The molecule has 0 radical (unpaired) electrons. The molecule has 1 N–H and O–H groups in total. The van der Waals surface area contributed by atoms with E-state index in [1.165, 1.54) is 12.1 Å². The molecule has 1 fully saturated rings. The first-order valence-electron chi connectivity index (χ1n) is 8.08. The van der Waals surface area contributed by atoms with Gasteiger partial charge in [-0.25, -0.2) is 8.42 Å². The number of sulfone groups is 1. The largest absolute Gasteiger partial charge is 0.381 e. The zero-order chi connectivity index (χ0) is 18.5. The van der Waals surface area contributed by atoms with E-state index in [0.717, 1.165) is 29.9 Å². The molecule has 0 atom stereocenters. The summed E-state index contributed by atoms with van der Waals surface area (Å²) in [5.74, 6) is -0.0978. The van der Waals surface area contributed by atoms with E-state index in [4.69, 9.17) is 10.00 Å². The second-order valence-electron chi connectivity index (χ2n) is 6.49. The molecule has 0 saturated carbocycles. The Bertz CT molecular complexity index is 783. The molecule has 0 unspecified atom stereocenters. The zero-order valence-corrected chi connectivity index (χ0v) is 15.2. The molecular formula is C18H22N2O4S. The van der Waals surface area contributed by atoms with Crippen LogP contribution < -0.4 is 5.32 Å². The maximum Gasteiger partial charge on any atom is 0.230 e. The van der Waals surface area contributed by atoms with Crippen molar-refractivity contribution >= 4 is 15.7 Å². The van der Waals surface area contributed by atoms with Gasteiger partial charge in [-0.2, -0.15) is 5.26 Å².